The molecule has 0 radical (unpaired) electrons. The zero-order valence-corrected chi connectivity index (χ0v) is 6.24. The van der Waals surface area contributed by atoms with Crippen molar-refractivity contribution in [1.29, 1.82) is 0 Å². The van der Waals surface area contributed by atoms with Gasteiger partial charge >= 0.3 is 0 Å². The van der Waals surface area contributed by atoms with Gasteiger partial charge in [0.1, 0.15) is 24.4 Å². The van der Waals surface area contributed by atoms with Gasteiger partial charge in [0.2, 0.25) is 0 Å². The van der Waals surface area contributed by atoms with Crippen molar-refractivity contribution >= 4 is 0 Å². The predicted molar refractivity (Wildman–Crippen MR) is 36.0 cm³/mol. The van der Waals surface area contributed by atoms with Crippen LogP contribution >= 0.6 is 0 Å². The Morgan fingerprint density at radius 2 is 1.83 bits per heavy atom. The fourth-order valence-electron chi connectivity index (χ4n) is 1.00. The third-order valence-electron chi connectivity index (χ3n) is 1.84. The quantitative estimate of drug-likeness (QED) is 0.312. The molecule has 0 aliphatic carbocycles. The van der Waals surface area contributed by atoms with Crippen LogP contribution in [-0.4, -0.2) is 62.8 Å². The monoisotopic (exact) mass is 180 g/mol. The maximum atomic E-state index is 9.12. The van der Waals surface area contributed by atoms with Crippen LogP contribution < -0.4 is 0 Å². The van der Waals surface area contributed by atoms with Crippen LogP contribution in [0.5, 0.6) is 0 Å². The Bertz CT molecular complexity index is 147. The van der Waals surface area contributed by atoms with E-state index in [1.165, 1.54) is 0 Å². The summed E-state index contributed by atoms with van der Waals surface area (Å²) < 4.78 is 4.52. The van der Waals surface area contributed by atoms with Gasteiger partial charge in [-0.15, -0.1) is 0 Å². The van der Waals surface area contributed by atoms with Gasteiger partial charge in [-0.2, -0.15) is 0 Å². The van der Waals surface area contributed by atoms with Gasteiger partial charge < -0.3 is 30.3 Å². The molecule has 72 valence electrons. The normalized spacial score (nSPS) is 40.2. The van der Waals surface area contributed by atoms with E-state index in [0.29, 0.717) is 0 Å². The maximum absolute atomic E-state index is 9.12. The molecule has 5 N–H and O–H groups in total. The molecule has 6 heteroatoms. The van der Waals surface area contributed by atoms with Crippen molar-refractivity contribution in [1.82, 2.24) is 0 Å². The van der Waals surface area contributed by atoms with E-state index in [-0.39, 0.29) is 0 Å². The molecule has 0 amide bonds. The largest absolute Gasteiger partial charge is 0.394 e. The zero-order chi connectivity index (χ0) is 9.30. The summed E-state index contributed by atoms with van der Waals surface area (Å²) in [5.41, 5.74) is 0. The molecule has 0 spiro atoms. The van der Waals surface area contributed by atoms with Gasteiger partial charge in [0.05, 0.1) is 6.61 Å². The molecule has 6 nitrogen and oxygen atoms in total. The smallest absolute Gasteiger partial charge is 0.184 e. The average molecular weight is 180 g/mol. The molecule has 0 aromatic carbocycles. The van der Waals surface area contributed by atoms with Gasteiger partial charge in [0.25, 0.3) is 0 Å². The number of hydrogen-bond donors (Lipinski definition) is 5. The molecule has 0 aromatic rings. The van der Waals surface area contributed by atoms with Crippen LogP contribution in [0.3, 0.4) is 0 Å². The summed E-state index contributed by atoms with van der Waals surface area (Å²) in [4.78, 5) is 0. The van der Waals surface area contributed by atoms with E-state index in [0.717, 1.165) is 0 Å². The molecular weight excluding hydrogens is 168 g/mol. The Balaban J connectivity index is 2.39. The first kappa shape index (κ1) is 9.85. The van der Waals surface area contributed by atoms with Crippen LogP contribution in [0.2, 0.25) is 0 Å². The number of aliphatic hydroxyl groups excluding tert-OH is 5. The molecular formula is C6H12O6. The minimum atomic E-state index is -1.38. The van der Waals surface area contributed by atoms with Crippen molar-refractivity contribution in [3.8, 4) is 0 Å². The van der Waals surface area contributed by atoms with E-state index in [1.807, 2.05) is 0 Å². The summed E-state index contributed by atoms with van der Waals surface area (Å²) in [6.07, 6.45) is -6.29. The molecule has 1 aliphatic heterocycles. The molecule has 0 bridgehead atoms. The van der Waals surface area contributed by atoms with Crippen LogP contribution in [0, 0.1) is 0 Å². The Labute approximate surface area is 68.6 Å². The summed E-state index contributed by atoms with van der Waals surface area (Å²) in [6, 6.07) is 0. The lowest BCUT2D eigenvalue weighted by Crippen LogP contribution is -2.61. The van der Waals surface area contributed by atoms with E-state index in [4.69, 9.17) is 25.5 Å². The third-order valence-corrected chi connectivity index (χ3v) is 1.84. The fraction of sp³-hybridized carbons (Fsp3) is 1.00. The van der Waals surface area contributed by atoms with Crippen molar-refractivity contribution in [3.63, 3.8) is 0 Å². The van der Waals surface area contributed by atoms with Gasteiger partial charge in [0.15, 0.2) is 6.29 Å². The molecule has 1 saturated heterocycles. The summed E-state index contributed by atoms with van der Waals surface area (Å²) in [5.74, 6) is 0. The molecule has 5 atom stereocenters. The van der Waals surface area contributed by atoms with Gasteiger partial charge in [-0.25, -0.2) is 0 Å². The SMILES string of the molecule is OC[C@H](O)[C@H](O)[C@H]1O[C@H](O)[C@H]1O. The summed E-state index contributed by atoms with van der Waals surface area (Å²) in [5, 5.41) is 44.1. The second kappa shape index (κ2) is 3.65. The highest BCUT2D eigenvalue weighted by molar-refractivity contribution is 4.90. The highest BCUT2D eigenvalue weighted by atomic mass is 16.7. The highest BCUT2D eigenvalue weighted by Crippen LogP contribution is 2.23. The van der Waals surface area contributed by atoms with Crippen molar-refractivity contribution in [2.45, 2.75) is 30.7 Å². The van der Waals surface area contributed by atoms with Crippen LogP contribution in [0.25, 0.3) is 0 Å². The molecule has 1 aliphatic rings. The minimum Gasteiger partial charge on any atom is -0.394 e. The Hall–Kier alpha value is -0.240. The van der Waals surface area contributed by atoms with E-state index in [2.05, 4.69) is 4.74 Å². The number of rotatable bonds is 3. The first-order chi connectivity index (χ1) is 5.57. The molecule has 1 rings (SSSR count). The van der Waals surface area contributed by atoms with Gasteiger partial charge in [-0.3, -0.25) is 0 Å². The lowest BCUT2D eigenvalue weighted by Gasteiger charge is -2.41. The Kier molecular flexibility index (Phi) is 2.99. The number of aliphatic hydroxyl groups is 5. The third kappa shape index (κ3) is 1.58. The molecule has 1 heterocycles. The van der Waals surface area contributed by atoms with E-state index in [9.17, 15) is 0 Å². The molecule has 0 aromatic heterocycles. The average Bonchev–Trinajstić information content (AvgIpc) is 2.10. The minimum absolute atomic E-state index is 0.621. The first-order valence-corrected chi connectivity index (χ1v) is 3.56. The van der Waals surface area contributed by atoms with E-state index >= 15 is 0 Å². The summed E-state index contributed by atoms with van der Waals surface area (Å²) in [6.45, 7) is -0.621. The van der Waals surface area contributed by atoms with Gasteiger partial charge in [-0.05, 0) is 0 Å². The van der Waals surface area contributed by atoms with Gasteiger partial charge in [-0.1, -0.05) is 0 Å². The fourth-order valence-corrected chi connectivity index (χ4v) is 1.00. The Morgan fingerprint density at radius 3 is 2.17 bits per heavy atom. The lowest BCUT2D eigenvalue weighted by molar-refractivity contribution is -0.332. The number of ether oxygens (including phenoxy) is 1. The molecule has 1 fully saturated rings. The van der Waals surface area contributed by atoms with Crippen molar-refractivity contribution in [2.75, 3.05) is 6.61 Å². The van der Waals surface area contributed by atoms with E-state index in [1.54, 1.807) is 0 Å². The maximum Gasteiger partial charge on any atom is 0.184 e. The summed E-state index contributed by atoms with van der Waals surface area (Å²) >= 11 is 0. The molecule has 12 heavy (non-hydrogen) atoms. The second-order valence-corrected chi connectivity index (χ2v) is 2.72. The first-order valence-electron chi connectivity index (χ1n) is 3.56. The molecule has 0 saturated carbocycles. The van der Waals surface area contributed by atoms with Crippen LogP contribution in [0.1, 0.15) is 0 Å². The molecule has 0 unspecified atom stereocenters. The van der Waals surface area contributed by atoms with Crippen molar-refractivity contribution in [3.05, 3.63) is 0 Å². The van der Waals surface area contributed by atoms with E-state index < -0.39 is 37.3 Å². The second-order valence-electron chi connectivity index (χ2n) is 2.72. The highest BCUT2D eigenvalue weighted by Gasteiger charge is 2.46. The van der Waals surface area contributed by atoms with Crippen molar-refractivity contribution in [2.24, 2.45) is 0 Å². The van der Waals surface area contributed by atoms with Gasteiger partial charge in [0, 0.05) is 0 Å². The standard InChI is InChI=1S/C6H12O6/c7-1-2(8)3(9)5-4(10)6(11)12-5/h2-11H,1H2/t2-,3-,4-,5+,6-/m0/s1. The van der Waals surface area contributed by atoms with Crippen LogP contribution in [-0.2, 0) is 4.74 Å². The summed E-state index contributed by atoms with van der Waals surface area (Å²) in [7, 11) is 0. The van der Waals surface area contributed by atoms with Crippen molar-refractivity contribution < 1.29 is 30.3 Å². The zero-order valence-electron chi connectivity index (χ0n) is 6.24. The van der Waals surface area contributed by atoms with Crippen LogP contribution in [0.4, 0.5) is 0 Å². The topological polar surface area (TPSA) is 110 Å². The van der Waals surface area contributed by atoms with Crippen LogP contribution in [0.15, 0.2) is 0 Å². The number of hydrogen-bond acceptors (Lipinski definition) is 6. The Morgan fingerprint density at radius 1 is 1.25 bits per heavy atom. The predicted octanol–water partition coefficient (Wildman–Crippen LogP) is -3.22. The lowest BCUT2D eigenvalue weighted by atomic mass is 9.98.